The molecule has 0 bridgehead atoms. The van der Waals surface area contributed by atoms with Crippen molar-refractivity contribution in [1.29, 1.82) is 0 Å². The van der Waals surface area contributed by atoms with Gasteiger partial charge in [-0.3, -0.25) is 4.79 Å². The quantitative estimate of drug-likeness (QED) is 0.784. The van der Waals surface area contributed by atoms with Crippen LogP contribution in [0.1, 0.15) is 28.8 Å². The molecule has 5 heteroatoms. The molecule has 3 nitrogen and oxygen atoms in total. The molecule has 0 heterocycles. The lowest BCUT2D eigenvalue weighted by Crippen LogP contribution is -2.07. The van der Waals surface area contributed by atoms with E-state index in [1.165, 1.54) is 6.26 Å². The number of ketones is 1. The maximum Gasteiger partial charge on any atom is 0.164 e. The van der Waals surface area contributed by atoms with Crippen LogP contribution in [0.3, 0.4) is 0 Å². The lowest BCUT2D eigenvalue weighted by atomic mass is 10.1. The fraction of sp³-hybridized carbons (Fsp3) is 0.417. The minimum Gasteiger partial charge on any atom is -0.294 e. The molecule has 1 rings (SSSR count). The molecule has 17 heavy (non-hydrogen) atoms. The van der Waals surface area contributed by atoms with Crippen molar-refractivity contribution in [3.05, 3.63) is 33.8 Å². The van der Waals surface area contributed by atoms with Crippen LogP contribution in [0.15, 0.2) is 22.7 Å². The van der Waals surface area contributed by atoms with Gasteiger partial charge in [0.1, 0.15) is 9.84 Å². The second kappa shape index (κ2) is 5.78. The fourth-order valence-corrected chi connectivity index (χ4v) is 2.86. The van der Waals surface area contributed by atoms with Gasteiger partial charge in [0.2, 0.25) is 0 Å². The summed E-state index contributed by atoms with van der Waals surface area (Å²) in [5.74, 6) is 0.0305. The molecule has 1 aromatic carbocycles. The number of halogens is 1. The minimum absolute atomic E-state index is 0.0273. The third kappa shape index (κ3) is 5.00. The van der Waals surface area contributed by atoms with Crippen LogP contribution in [0.2, 0.25) is 0 Å². The number of hydrogen-bond acceptors (Lipinski definition) is 3. The van der Waals surface area contributed by atoms with Gasteiger partial charge in [0, 0.05) is 22.7 Å². The third-order valence-electron chi connectivity index (χ3n) is 2.34. The highest BCUT2D eigenvalue weighted by Crippen LogP contribution is 2.20. The van der Waals surface area contributed by atoms with Crippen molar-refractivity contribution in [2.24, 2.45) is 0 Å². The van der Waals surface area contributed by atoms with Crippen molar-refractivity contribution < 1.29 is 13.2 Å². The van der Waals surface area contributed by atoms with Crippen LogP contribution in [-0.2, 0) is 9.84 Å². The second-order valence-electron chi connectivity index (χ2n) is 4.14. The van der Waals surface area contributed by atoms with E-state index in [1.807, 2.05) is 19.1 Å². The van der Waals surface area contributed by atoms with Crippen LogP contribution < -0.4 is 0 Å². The molecule has 0 saturated carbocycles. The Kier molecular flexibility index (Phi) is 4.89. The summed E-state index contributed by atoms with van der Waals surface area (Å²) in [5.41, 5.74) is 1.69. The van der Waals surface area contributed by atoms with E-state index in [0.29, 0.717) is 12.0 Å². The van der Waals surface area contributed by atoms with E-state index < -0.39 is 9.84 Å². The van der Waals surface area contributed by atoms with Crippen molar-refractivity contribution in [3.63, 3.8) is 0 Å². The van der Waals surface area contributed by atoms with E-state index in [1.54, 1.807) is 6.07 Å². The largest absolute Gasteiger partial charge is 0.294 e. The van der Waals surface area contributed by atoms with Gasteiger partial charge in [0.25, 0.3) is 0 Å². The van der Waals surface area contributed by atoms with Gasteiger partial charge in [-0.25, -0.2) is 8.42 Å². The van der Waals surface area contributed by atoms with Gasteiger partial charge >= 0.3 is 0 Å². The number of benzene rings is 1. The summed E-state index contributed by atoms with van der Waals surface area (Å²) < 4.78 is 22.6. The molecule has 0 aromatic heterocycles. The molecule has 0 aliphatic carbocycles. The number of aryl methyl sites for hydroxylation is 1. The average molecular weight is 319 g/mol. The van der Waals surface area contributed by atoms with E-state index in [2.05, 4.69) is 15.9 Å². The second-order valence-corrected chi connectivity index (χ2v) is 7.25. The molecule has 0 N–H and O–H groups in total. The average Bonchev–Trinajstić information content (AvgIpc) is 2.15. The molecule has 0 amide bonds. The molecule has 0 atom stereocenters. The molecule has 0 saturated heterocycles. The van der Waals surface area contributed by atoms with Crippen molar-refractivity contribution in [1.82, 2.24) is 0 Å². The highest BCUT2D eigenvalue weighted by Gasteiger charge is 2.11. The molecule has 0 aliphatic heterocycles. The Morgan fingerprint density at radius 2 is 2.00 bits per heavy atom. The SMILES string of the molecule is Cc1ccc(C(=O)CCCS(C)(=O)=O)c(Br)c1. The minimum atomic E-state index is -2.98. The van der Waals surface area contributed by atoms with Gasteiger partial charge in [-0.05, 0) is 25.0 Å². The Morgan fingerprint density at radius 1 is 1.35 bits per heavy atom. The van der Waals surface area contributed by atoms with Crippen LogP contribution in [0.25, 0.3) is 0 Å². The van der Waals surface area contributed by atoms with Gasteiger partial charge in [-0.1, -0.05) is 28.1 Å². The number of carbonyl (C=O) groups excluding carboxylic acids is 1. The first-order valence-electron chi connectivity index (χ1n) is 5.26. The topological polar surface area (TPSA) is 51.2 Å². The van der Waals surface area contributed by atoms with Crippen molar-refractivity contribution in [2.45, 2.75) is 19.8 Å². The number of sulfone groups is 1. The fourth-order valence-electron chi connectivity index (χ4n) is 1.48. The predicted octanol–water partition coefficient (Wildman–Crippen LogP) is 2.77. The zero-order chi connectivity index (χ0) is 13.1. The zero-order valence-corrected chi connectivity index (χ0v) is 12.3. The van der Waals surface area contributed by atoms with E-state index in [0.717, 1.165) is 10.0 Å². The van der Waals surface area contributed by atoms with Crippen LogP contribution in [0.5, 0.6) is 0 Å². The highest BCUT2D eigenvalue weighted by atomic mass is 79.9. The molecule has 0 aliphatic rings. The van der Waals surface area contributed by atoms with Gasteiger partial charge in [0.15, 0.2) is 5.78 Å². The summed E-state index contributed by atoms with van der Waals surface area (Å²) in [4.78, 5) is 11.8. The number of Topliss-reactive ketones (excluding diaryl/α,β-unsaturated/α-hetero) is 1. The van der Waals surface area contributed by atoms with Gasteiger partial charge in [0.05, 0.1) is 5.75 Å². The Balaban J connectivity index is 2.65. The van der Waals surface area contributed by atoms with Gasteiger partial charge < -0.3 is 0 Å². The summed E-state index contributed by atoms with van der Waals surface area (Å²) in [6.45, 7) is 1.95. The Morgan fingerprint density at radius 3 is 2.53 bits per heavy atom. The molecule has 0 spiro atoms. The highest BCUT2D eigenvalue weighted by molar-refractivity contribution is 9.10. The Labute approximate surface area is 110 Å². The van der Waals surface area contributed by atoms with Crippen LogP contribution in [0.4, 0.5) is 0 Å². The molecule has 0 radical (unpaired) electrons. The Hall–Kier alpha value is -0.680. The number of rotatable bonds is 5. The van der Waals surface area contributed by atoms with E-state index in [4.69, 9.17) is 0 Å². The first-order chi connectivity index (χ1) is 7.79. The lowest BCUT2D eigenvalue weighted by Gasteiger charge is -2.04. The van der Waals surface area contributed by atoms with Crippen LogP contribution in [-0.4, -0.2) is 26.2 Å². The van der Waals surface area contributed by atoms with E-state index in [9.17, 15) is 13.2 Å². The third-order valence-corrected chi connectivity index (χ3v) is 4.03. The van der Waals surface area contributed by atoms with E-state index in [-0.39, 0.29) is 18.0 Å². The monoisotopic (exact) mass is 318 g/mol. The summed E-state index contributed by atoms with van der Waals surface area (Å²) in [5, 5.41) is 0. The predicted molar refractivity (Wildman–Crippen MR) is 72.2 cm³/mol. The number of carbonyl (C=O) groups is 1. The van der Waals surface area contributed by atoms with Crippen LogP contribution >= 0.6 is 15.9 Å². The van der Waals surface area contributed by atoms with Crippen molar-refractivity contribution in [3.8, 4) is 0 Å². The smallest absolute Gasteiger partial charge is 0.164 e. The van der Waals surface area contributed by atoms with Gasteiger partial charge in [-0.2, -0.15) is 0 Å². The van der Waals surface area contributed by atoms with Crippen LogP contribution in [0, 0.1) is 6.92 Å². The standard InChI is InChI=1S/C12H15BrO3S/c1-9-5-6-10(11(13)8-9)12(14)4-3-7-17(2,15)16/h5-6,8H,3-4,7H2,1-2H3. The molecular formula is C12H15BrO3S. The Bertz CT molecular complexity index is 521. The molecule has 0 unspecified atom stereocenters. The first-order valence-corrected chi connectivity index (χ1v) is 8.12. The molecule has 94 valence electrons. The zero-order valence-electron chi connectivity index (χ0n) is 9.86. The lowest BCUT2D eigenvalue weighted by molar-refractivity contribution is 0.0981. The summed E-state index contributed by atoms with van der Waals surface area (Å²) in [6, 6.07) is 5.51. The maximum atomic E-state index is 11.8. The summed E-state index contributed by atoms with van der Waals surface area (Å²) in [7, 11) is -2.98. The first kappa shape index (κ1) is 14.4. The van der Waals surface area contributed by atoms with Crippen molar-refractivity contribution in [2.75, 3.05) is 12.0 Å². The van der Waals surface area contributed by atoms with E-state index >= 15 is 0 Å². The molecule has 0 fully saturated rings. The molecular weight excluding hydrogens is 304 g/mol. The normalized spacial score (nSPS) is 11.5. The number of hydrogen-bond donors (Lipinski definition) is 0. The van der Waals surface area contributed by atoms with Crippen molar-refractivity contribution >= 4 is 31.6 Å². The molecule has 1 aromatic rings. The van der Waals surface area contributed by atoms with Gasteiger partial charge in [-0.15, -0.1) is 0 Å². The summed E-state index contributed by atoms with van der Waals surface area (Å²) in [6.07, 6.45) is 1.81. The summed E-state index contributed by atoms with van der Waals surface area (Å²) >= 11 is 3.34. The maximum absolute atomic E-state index is 11.8.